The van der Waals surface area contributed by atoms with Gasteiger partial charge in [-0.2, -0.15) is 0 Å². The van der Waals surface area contributed by atoms with Gasteiger partial charge in [-0.25, -0.2) is 4.79 Å². The van der Waals surface area contributed by atoms with Crippen molar-refractivity contribution in [2.24, 2.45) is 5.92 Å². The first-order valence-corrected chi connectivity index (χ1v) is 6.40. The highest BCUT2D eigenvalue weighted by atomic mass is 16.5. The van der Waals surface area contributed by atoms with Gasteiger partial charge in [0.25, 0.3) is 0 Å². The number of rotatable bonds is 5. The molecule has 2 atom stereocenters. The quantitative estimate of drug-likeness (QED) is 0.768. The molecule has 0 aromatic carbocycles. The normalized spacial score (nSPS) is 21.4. The molecule has 0 bridgehead atoms. The topological polar surface area (TPSA) is 78.9 Å². The van der Waals surface area contributed by atoms with E-state index in [0.29, 0.717) is 32.7 Å². The van der Waals surface area contributed by atoms with E-state index < -0.39 is 11.9 Å². The maximum absolute atomic E-state index is 11.9. The van der Waals surface area contributed by atoms with Crippen molar-refractivity contribution in [3.05, 3.63) is 0 Å². The number of piperidine rings is 1. The maximum atomic E-state index is 11.9. The second-order valence-electron chi connectivity index (χ2n) is 4.63. The van der Waals surface area contributed by atoms with Gasteiger partial charge in [0.2, 0.25) is 0 Å². The van der Waals surface area contributed by atoms with Crippen LogP contribution in [0.25, 0.3) is 0 Å². The molecule has 0 aromatic rings. The molecule has 2 amide bonds. The van der Waals surface area contributed by atoms with Crippen LogP contribution in [-0.2, 0) is 9.53 Å². The summed E-state index contributed by atoms with van der Waals surface area (Å²) in [5.74, 6) is -1.26. The van der Waals surface area contributed by atoms with E-state index in [0.717, 1.165) is 6.42 Å². The van der Waals surface area contributed by atoms with Crippen LogP contribution < -0.4 is 5.32 Å². The minimum atomic E-state index is -0.824. The zero-order valence-electron chi connectivity index (χ0n) is 11.0. The van der Waals surface area contributed by atoms with Gasteiger partial charge in [0.15, 0.2) is 0 Å². The predicted molar refractivity (Wildman–Crippen MR) is 66.4 cm³/mol. The zero-order valence-corrected chi connectivity index (χ0v) is 11.0. The molecule has 104 valence electrons. The molecule has 0 aromatic heterocycles. The lowest BCUT2D eigenvalue weighted by atomic mass is 9.99. The van der Waals surface area contributed by atoms with Crippen molar-refractivity contribution < 1.29 is 19.4 Å². The van der Waals surface area contributed by atoms with E-state index in [1.807, 2.05) is 13.8 Å². The molecule has 1 rings (SSSR count). The van der Waals surface area contributed by atoms with Crippen LogP contribution in [0, 0.1) is 5.92 Å². The van der Waals surface area contributed by atoms with Gasteiger partial charge in [0.05, 0.1) is 18.6 Å². The number of carbonyl (C=O) groups excluding carboxylic acids is 1. The van der Waals surface area contributed by atoms with Gasteiger partial charge in [-0.3, -0.25) is 4.79 Å². The molecule has 1 aliphatic heterocycles. The van der Waals surface area contributed by atoms with E-state index >= 15 is 0 Å². The number of ether oxygens (including phenoxy) is 1. The summed E-state index contributed by atoms with van der Waals surface area (Å²) in [5.41, 5.74) is 0. The largest absolute Gasteiger partial charge is 0.481 e. The van der Waals surface area contributed by atoms with Gasteiger partial charge in [0.1, 0.15) is 0 Å². The van der Waals surface area contributed by atoms with Crippen LogP contribution in [-0.4, -0.2) is 54.4 Å². The summed E-state index contributed by atoms with van der Waals surface area (Å²) >= 11 is 0. The van der Waals surface area contributed by atoms with Crippen molar-refractivity contribution >= 4 is 12.0 Å². The van der Waals surface area contributed by atoms with E-state index in [1.165, 1.54) is 0 Å². The molecule has 1 unspecified atom stereocenters. The van der Waals surface area contributed by atoms with E-state index in [4.69, 9.17) is 9.84 Å². The first kappa shape index (κ1) is 14.8. The Labute approximate surface area is 107 Å². The van der Waals surface area contributed by atoms with Crippen LogP contribution in [0.2, 0.25) is 0 Å². The fraction of sp³-hybridized carbons (Fsp3) is 0.833. The fourth-order valence-electron chi connectivity index (χ4n) is 2.00. The number of hydrogen-bond acceptors (Lipinski definition) is 3. The molecule has 1 fully saturated rings. The average molecular weight is 258 g/mol. The Morgan fingerprint density at radius 1 is 1.56 bits per heavy atom. The van der Waals surface area contributed by atoms with Crippen LogP contribution >= 0.6 is 0 Å². The van der Waals surface area contributed by atoms with Crippen molar-refractivity contribution in [3.8, 4) is 0 Å². The van der Waals surface area contributed by atoms with Gasteiger partial charge >= 0.3 is 12.0 Å². The molecule has 1 aliphatic rings. The summed E-state index contributed by atoms with van der Waals surface area (Å²) < 4.78 is 5.22. The maximum Gasteiger partial charge on any atom is 0.317 e. The molecule has 0 spiro atoms. The van der Waals surface area contributed by atoms with Gasteiger partial charge in [-0.05, 0) is 26.7 Å². The number of carbonyl (C=O) groups is 2. The third kappa shape index (κ3) is 4.52. The highest BCUT2D eigenvalue weighted by Crippen LogP contribution is 2.16. The number of urea groups is 1. The number of nitrogens with one attached hydrogen (secondary N) is 1. The Morgan fingerprint density at radius 3 is 2.89 bits per heavy atom. The van der Waals surface area contributed by atoms with E-state index in [9.17, 15) is 9.59 Å². The number of likely N-dealkylation sites (tertiary alicyclic amines) is 1. The van der Waals surface area contributed by atoms with Crippen LogP contribution in [0.4, 0.5) is 4.79 Å². The Morgan fingerprint density at radius 2 is 2.28 bits per heavy atom. The van der Waals surface area contributed by atoms with Crippen LogP contribution in [0.1, 0.15) is 26.7 Å². The van der Waals surface area contributed by atoms with Crippen molar-refractivity contribution in [1.29, 1.82) is 0 Å². The summed E-state index contributed by atoms with van der Waals surface area (Å²) in [4.78, 5) is 24.4. The predicted octanol–water partition coefficient (Wildman–Crippen LogP) is 0.918. The minimum Gasteiger partial charge on any atom is -0.481 e. The third-order valence-corrected chi connectivity index (χ3v) is 3.00. The summed E-state index contributed by atoms with van der Waals surface area (Å²) in [6.07, 6.45) is 1.39. The van der Waals surface area contributed by atoms with Crippen LogP contribution in [0.15, 0.2) is 0 Å². The first-order chi connectivity index (χ1) is 8.54. The molecule has 1 saturated heterocycles. The zero-order chi connectivity index (χ0) is 13.5. The number of nitrogens with zero attached hydrogens (tertiary/aromatic N) is 1. The lowest BCUT2D eigenvalue weighted by molar-refractivity contribution is -0.143. The summed E-state index contributed by atoms with van der Waals surface area (Å²) in [6, 6.07) is -0.268. The SMILES string of the molecule is CCOC[C@H](C)NC(=O)N1CCCC(C(=O)O)C1. The van der Waals surface area contributed by atoms with E-state index in [-0.39, 0.29) is 12.1 Å². The average Bonchev–Trinajstić information content (AvgIpc) is 2.36. The Kier molecular flexibility index (Phi) is 5.91. The smallest absolute Gasteiger partial charge is 0.317 e. The molecule has 1 heterocycles. The third-order valence-electron chi connectivity index (χ3n) is 3.00. The number of carboxylic acid groups (broad SMARTS) is 1. The van der Waals surface area contributed by atoms with E-state index in [1.54, 1.807) is 4.90 Å². The highest BCUT2D eigenvalue weighted by molar-refractivity contribution is 5.76. The molecule has 18 heavy (non-hydrogen) atoms. The standard InChI is InChI=1S/C12H22N2O4/c1-3-18-8-9(2)13-12(17)14-6-4-5-10(7-14)11(15)16/h9-10H,3-8H2,1-2H3,(H,13,17)(H,15,16)/t9-,10?/m0/s1. The van der Waals surface area contributed by atoms with Crippen LogP contribution in [0.3, 0.4) is 0 Å². The van der Waals surface area contributed by atoms with Gasteiger partial charge in [0, 0.05) is 19.7 Å². The lowest BCUT2D eigenvalue weighted by Gasteiger charge is -2.31. The monoisotopic (exact) mass is 258 g/mol. The molecule has 6 heteroatoms. The number of hydrogen-bond donors (Lipinski definition) is 2. The van der Waals surface area contributed by atoms with Crippen LogP contribution in [0.5, 0.6) is 0 Å². The molecular formula is C12H22N2O4. The number of carboxylic acids is 1. The Bertz CT molecular complexity index is 296. The number of amides is 2. The Balaban J connectivity index is 2.38. The van der Waals surface area contributed by atoms with Crippen molar-refractivity contribution in [3.63, 3.8) is 0 Å². The second-order valence-corrected chi connectivity index (χ2v) is 4.63. The molecule has 0 radical (unpaired) electrons. The summed E-state index contributed by atoms with van der Waals surface area (Å²) in [7, 11) is 0. The second kappa shape index (κ2) is 7.20. The molecular weight excluding hydrogens is 236 g/mol. The number of aliphatic carboxylic acids is 1. The van der Waals surface area contributed by atoms with E-state index in [2.05, 4.69) is 5.32 Å². The van der Waals surface area contributed by atoms with Crippen molar-refractivity contribution in [2.45, 2.75) is 32.7 Å². The summed E-state index contributed by atoms with van der Waals surface area (Å²) in [6.45, 7) is 5.77. The summed E-state index contributed by atoms with van der Waals surface area (Å²) in [5, 5.41) is 11.8. The van der Waals surface area contributed by atoms with Gasteiger partial charge < -0.3 is 20.1 Å². The van der Waals surface area contributed by atoms with Crippen molar-refractivity contribution in [1.82, 2.24) is 10.2 Å². The molecule has 2 N–H and O–H groups in total. The molecule has 0 saturated carbocycles. The lowest BCUT2D eigenvalue weighted by Crippen LogP contribution is -2.50. The Hall–Kier alpha value is -1.30. The fourth-order valence-corrected chi connectivity index (χ4v) is 2.00. The highest BCUT2D eigenvalue weighted by Gasteiger charge is 2.28. The van der Waals surface area contributed by atoms with Gasteiger partial charge in [-0.15, -0.1) is 0 Å². The minimum absolute atomic E-state index is 0.0670. The van der Waals surface area contributed by atoms with Gasteiger partial charge in [-0.1, -0.05) is 0 Å². The first-order valence-electron chi connectivity index (χ1n) is 6.40. The van der Waals surface area contributed by atoms with Crippen molar-refractivity contribution in [2.75, 3.05) is 26.3 Å². The molecule has 0 aliphatic carbocycles. The molecule has 6 nitrogen and oxygen atoms in total.